The third-order valence-corrected chi connectivity index (χ3v) is 8.55. The molecule has 5 aromatic rings. The molecular formula is C36H35N7O3. The normalized spacial score (nSPS) is 15.0. The van der Waals surface area contributed by atoms with Gasteiger partial charge in [0.15, 0.2) is 5.82 Å². The van der Waals surface area contributed by atoms with Crippen molar-refractivity contribution >= 4 is 34.4 Å². The number of nitrogens with one attached hydrogen (secondary N) is 1. The third-order valence-electron chi connectivity index (χ3n) is 8.55. The summed E-state index contributed by atoms with van der Waals surface area (Å²) in [4.78, 5) is 35.8. The van der Waals surface area contributed by atoms with Crippen LogP contribution in [0.15, 0.2) is 103 Å². The van der Waals surface area contributed by atoms with E-state index in [1.807, 2.05) is 54.6 Å². The molecule has 2 aromatic heterocycles. The molecule has 1 N–H and O–H groups in total. The third kappa shape index (κ3) is 6.46. The number of likely N-dealkylation sites (tertiary alicyclic amines) is 1. The second-order valence-corrected chi connectivity index (χ2v) is 11.7. The molecule has 7 rings (SSSR count). The van der Waals surface area contributed by atoms with Crippen molar-refractivity contribution in [3.8, 4) is 0 Å². The number of piperazine rings is 1. The van der Waals surface area contributed by atoms with Gasteiger partial charge in [-0.05, 0) is 23.3 Å². The summed E-state index contributed by atoms with van der Waals surface area (Å²) in [5.74, 6) is 1.54. The Morgan fingerprint density at radius 1 is 0.739 bits per heavy atom. The molecule has 2 saturated heterocycles. The average molecular weight is 614 g/mol. The summed E-state index contributed by atoms with van der Waals surface area (Å²) >= 11 is 0. The first-order chi connectivity index (χ1) is 22.6. The van der Waals surface area contributed by atoms with E-state index in [1.54, 1.807) is 17.2 Å². The van der Waals surface area contributed by atoms with Crippen molar-refractivity contribution in [3.05, 3.63) is 126 Å². The first-order valence-electron chi connectivity index (χ1n) is 15.6. The molecule has 2 fully saturated rings. The highest BCUT2D eigenvalue weighted by Crippen LogP contribution is 2.28. The average Bonchev–Trinajstić information content (AvgIpc) is 3.10. The van der Waals surface area contributed by atoms with E-state index in [-0.39, 0.29) is 24.6 Å². The van der Waals surface area contributed by atoms with E-state index in [2.05, 4.69) is 61.6 Å². The summed E-state index contributed by atoms with van der Waals surface area (Å²) in [6.45, 7) is 4.19. The van der Waals surface area contributed by atoms with Crippen LogP contribution in [-0.4, -0.2) is 77.4 Å². The minimum atomic E-state index is -0.374. The van der Waals surface area contributed by atoms with E-state index >= 15 is 0 Å². The summed E-state index contributed by atoms with van der Waals surface area (Å²) in [5, 5.41) is 14.6. The molecular weight excluding hydrogens is 578 g/mol. The number of amides is 2. The molecule has 4 heterocycles. The first kappa shape index (κ1) is 29.2. The summed E-state index contributed by atoms with van der Waals surface area (Å²) in [6, 6.07) is 31.9. The summed E-state index contributed by atoms with van der Waals surface area (Å²) in [7, 11) is 0. The number of ether oxygens (including phenoxy) is 1. The lowest BCUT2D eigenvalue weighted by atomic mass is 10.0. The van der Waals surface area contributed by atoms with Crippen LogP contribution in [0.25, 0.3) is 10.8 Å². The quantitative estimate of drug-likeness (QED) is 0.269. The van der Waals surface area contributed by atoms with Crippen molar-refractivity contribution in [2.75, 3.05) is 49.1 Å². The van der Waals surface area contributed by atoms with Crippen LogP contribution in [0.3, 0.4) is 0 Å². The van der Waals surface area contributed by atoms with Crippen molar-refractivity contribution in [1.29, 1.82) is 0 Å². The van der Waals surface area contributed by atoms with Crippen molar-refractivity contribution < 1.29 is 14.3 Å². The summed E-state index contributed by atoms with van der Waals surface area (Å²) in [5.41, 5.74) is 3.62. The van der Waals surface area contributed by atoms with E-state index in [4.69, 9.17) is 9.84 Å². The Bertz CT molecular complexity index is 1810. The number of nitrogens with zero attached hydrogens (tertiary/aromatic N) is 6. The fourth-order valence-corrected chi connectivity index (χ4v) is 5.95. The monoisotopic (exact) mass is 613 g/mol. The number of anilines is 2. The molecule has 0 aliphatic carbocycles. The predicted octanol–water partition coefficient (Wildman–Crippen LogP) is 4.69. The molecule has 2 amide bonds. The van der Waals surface area contributed by atoms with Gasteiger partial charge in [0, 0.05) is 62.7 Å². The van der Waals surface area contributed by atoms with Gasteiger partial charge in [0.25, 0.3) is 5.91 Å². The van der Waals surface area contributed by atoms with E-state index in [9.17, 15) is 9.59 Å². The van der Waals surface area contributed by atoms with Gasteiger partial charge in [-0.2, -0.15) is 5.10 Å². The van der Waals surface area contributed by atoms with Gasteiger partial charge in [0.1, 0.15) is 12.4 Å². The lowest BCUT2D eigenvalue weighted by Gasteiger charge is -2.38. The fourth-order valence-electron chi connectivity index (χ4n) is 5.95. The Morgan fingerprint density at radius 2 is 1.39 bits per heavy atom. The number of carbonyl (C=O) groups excluding carboxylic acids is 2. The Kier molecular flexibility index (Phi) is 8.40. The number of benzene rings is 3. The number of carbonyl (C=O) groups is 2. The van der Waals surface area contributed by atoms with Gasteiger partial charge < -0.3 is 24.8 Å². The van der Waals surface area contributed by atoms with Gasteiger partial charge in [0.05, 0.1) is 17.3 Å². The predicted molar refractivity (Wildman–Crippen MR) is 177 cm³/mol. The van der Waals surface area contributed by atoms with E-state index < -0.39 is 0 Å². The second-order valence-electron chi connectivity index (χ2n) is 11.7. The Balaban J connectivity index is 0.905. The van der Waals surface area contributed by atoms with Crippen LogP contribution in [0.1, 0.15) is 27.2 Å². The second kappa shape index (κ2) is 13.2. The molecule has 0 unspecified atom stereocenters. The Labute approximate surface area is 267 Å². The maximum atomic E-state index is 12.8. The lowest BCUT2D eigenvalue weighted by Crippen LogP contribution is -2.61. The highest BCUT2D eigenvalue weighted by Gasteiger charge is 2.33. The summed E-state index contributed by atoms with van der Waals surface area (Å²) < 4.78 is 5.37. The molecule has 10 heteroatoms. The van der Waals surface area contributed by atoms with Gasteiger partial charge in [-0.3, -0.25) is 4.79 Å². The van der Waals surface area contributed by atoms with Gasteiger partial charge in [-0.15, -0.1) is 5.10 Å². The Morgan fingerprint density at radius 3 is 2.09 bits per heavy atom. The van der Waals surface area contributed by atoms with Crippen LogP contribution in [0.2, 0.25) is 0 Å². The molecule has 0 atom stereocenters. The minimum absolute atomic E-state index is 0.115. The zero-order valence-electron chi connectivity index (χ0n) is 25.5. The molecule has 2 aliphatic rings. The molecule has 232 valence electrons. The van der Waals surface area contributed by atoms with Crippen molar-refractivity contribution in [1.82, 2.24) is 25.4 Å². The van der Waals surface area contributed by atoms with Crippen LogP contribution in [-0.2, 0) is 17.8 Å². The van der Waals surface area contributed by atoms with E-state index in [1.165, 1.54) is 5.56 Å². The molecule has 2 aliphatic heterocycles. The number of fused-ring (bicyclic) bond motifs is 1. The topological polar surface area (TPSA) is 104 Å². The number of aromatic nitrogens is 3. The van der Waals surface area contributed by atoms with Crippen LogP contribution < -0.4 is 15.1 Å². The SMILES string of the molecule is O=C(NC1CN(C(=O)OCc2ccccc2)C1)c1ccc(N2CCN(c3nnc(Cc4ccccc4)c4ccccc34)CC2)nc1. The smallest absolute Gasteiger partial charge is 0.410 e. The molecule has 0 spiro atoms. The zero-order valence-corrected chi connectivity index (χ0v) is 25.5. The van der Waals surface area contributed by atoms with Crippen LogP contribution in [0, 0.1) is 0 Å². The standard InChI is InChI=1S/C36H35N7O3/c44-35(38-29-23-43(24-29)36(45)46-25-27-11-5-2-6-12-27)28-15-16-33(37-22-28)41-17-19-42(20-18-41)34-31-14-8-7-13-30(31)32(39-40-34)21-26-9-3-1-4-10-26/h1-16,22,29H,17-21,23-25H2,(H,38,44). The van der Waals surface area contributed by atoms with Crippen molar-refractivity contribution in [3.63, 3.8) is 0 Å². The van der Waals surface area contributed by atoms with Gasteiger partial charge in [0.2, 0.25) is 0 Å². The number of hydrogen-bond donors (Lipinski definition) is 1. The van der Waals surface area contributed by atoms with Crippen molar-refractivity contribution in [2.24, 2.45) is 0 Å². The van der Waals surface area contributed by atoms with Gasteiger partial charge in [-0.25, -0.2) is 9.78 Å². The van der Waals surface area contributed by atoms with E-state index in [0.29, 0.717) is 18.7 Å². The largest absolute Gasteiger partial charge is 0.445 e. The maximum absolute atomic E-state index is 12.8. The maximum Gasteiger partial charge on any atom is 0.410 e. The number of rotatable bonds is 8. The van der Waals surface area contributed by atoms with E-state index in [0.717, 1.165) is 66.3 Å². The fraction of sp³-hybridized carbons (Fsp3) is 0.250. The highest BCUT2D eigenvalue weighted by atomic mass is 16.6. The zero-order chi connectivity index (χ0) is 31.3. The van der Waals surface area contributed by atoms with Gasteiger partial charge >= 0.3 is 6.09 Å². The lowest BCUT2D eigenvalue weighted by molar-refractivity contribution is 0.0560. The van der Waals surface area contributed by atoms with Crippen LogP contribution >= 0.6 is 0 Å². The van der Waals surface area contributed by atoms with Gasteiger partial charge in [-0.1, -0.05) is 84.9 Å². The number of hydrogen-bond acceptors (Lipinski definition) is 8. The number of pyridine rings is 1. The molecule has 46 heavy (non-hydrogen) atoms. The Hall–Kier alpha value is -5.51. The molecule has 10 nitrogen and oxygen atoms in total. The minimum Gasteiger partial charge on any atom is -0.445 e. The summed E-state index contributed by atoms with van der Waals surface area (Å²) in [6.07, 6.45) is 1.98. The van der Waals surface area contributed by atoms with Crippen LogP contribution in [0.4, 0.5) is 16.4 Å². The highest BCUT2D eigenvalue weighted by molar-refractivity contribution is 5.95. The van der Waals surface area contributed by atoms with Crippen LogP contribution in [0.5, 0.6) is 0 Å². The molecule has 3 aromatic carbocycles. The molecule has 0 bridgehead atoms. The first-order valence-corrected chi connectivity index (χ1v) is 15.6. The molecule has 0 saturated carbocycles. The van der Waals surface area contributed by atoms with Crippen molar-refractivity contribution in [2.45, 2.75) is 19.1 Å². The molecule has 0 radical (unpaired) electrons.